The molecule has 3 heteroatoms. The molecule has 0 aliphatic heterocycles. The lowest BCUT2D eigenvalue weighted by Gasteiger charge is -2.03. The summed E-state index contributed by atoms with van der Waals surface area (Å²) in [7, 11) is 0. The van der Waals surface area contributed by atoms with Gasteiger partial charge in [-0.1, -0.05) is 6.92 Å². The lowest BCUT2D eigenvalue weighted by atomic mass is 10.2. The summed E-state index contributed by atoms with van der Waals surface area (Å²) in [5.74, 6) is 0. The summed E-state index contributed by atoms with van der Waals surface area (Å²) < 4.78 is 0. The van der Waals surface area contributed by atoms with Crippen LogP contribution in [-0.2, 0) is 6.42 Å². The van der Waals surface area contributed by atoms with Crippen molar-refractivity contribution < 1.29 is 4.79 Å². The highest BCUT2D eigenvalue weighted by Crippen LogP contribution is 2.19. The molecule has 0 N–H and O–H groups in total. The molecule has 0 saturated carbocycles. The number of carbonyl (C=O) groups is 1. The monoisotopic (exact) mass is 181 g/mol. The number of aromatic nitrogens is 1. The summed E-state index contributed by atoms with van der Waals surface area (Å²) in [6, 6.07) is 1.88. The second kappa shape index (κ2) is 4.26. The van der Waals surface area contributed by atoms with E-state index in [1.54, 1.807) is 18.0 Å². The van der Waals surface area contributed by atoms with E-state index < -0.39 is 0 Å². The van der Waals surface area contributed by atoms with Crippen LogP contribution in [0.25, 0.3) is 0 Å². The minimum absolute atomic E-state index is 0.650. The van der Waals surface area contributed by atoms with Crippen molar-refractivity contribution in [3.8, 4) is 0 Å². The van der Waals surface area contributed by atoms with Gasteiger partial charge in [0, 0.05) is 16.7 Å². The lowest BCUT2D eigenvalue weighted by molar-refractivity contribution is 0.112. The zero-order chi connectivity index (χ0) is 8.97. The molecule has 12 heavy (non-hydrogen) atoms. The van der Waals surface area contributed by atoms with Crippen molar-refractivity contribution in [3.63, 3.8) is 0 Å². The summed E-state index contributed by atoms with van der Waals surface area (Å²) in [6.45, 7) is 2.06. The topological polar surface area (TPSA) is 30.0 Å². The van der Waals surface area contributed by atoms with E-state index in [1.807, 2.05) is 12.3 Å². The number of aldehydes is 1. The van der Waals surface area contributed by atoms with Gasteiger partial charge < -0.3 is 0 Å². The molecule has 1 aromatic rings. The Morgan fingerprint density at radius 2 is 2.42 bits per heavy atom. The van der Waals surface area contributed by atoms with Gasteiger partial charge in [-0.25, -0.2) is 0 Å². The van der Waals surface area contributed by atoms with Crippen molar-refractivity contribution in [3.05, 3.63) is 23.5 Å². The van der Waals surface area contributed by atoms with Crippen LogP contribution in [0.15, 0.2) is 17.2 Å². The molecule has 0 amide bonds. The van der Waals surface area contributed by atoms with Crippen LogP contribution < -0.4 is 0 Å². The number of nitrogens with zero attached hydrogens (tertiary/aromatic N) is 1. The average Bonchev–Trinajstić information content (AvgIpc) is 2.16. The van der Waals surface area contributed by atoms with Crippen LogP contribution >= 0.6 is 11.8 Å². The van der Waals surface area contributed by atoms with Crippen molar-refractivity contribution in [2.24, 2.45) is 0 Å². The largest absolute Gasteiger partial charge is 0.298 e. The van der Waals surface area contributed by atoms with E-state index in [1.165, 1.54) is 0 Å². The fourth-order valence-corrected chi connectivity index (χ4v) is 1.68. The number of aryl methyl sites for hydroxylation is 1. The van der Waals surface area contributed by atoms with Gasteiger partial charge in [0.25, 0.3) is 0 Å². The van der Waals surface area contributed by atoms with Crippen molar-refractivity contribution in [2.45, 2.75) is 18.2 Å². The Bertz CT molecular complexity index is 286. The van der Waals surface area contributed by atoms with E-state index in [0.717, 1.165) is 23.3 Å². The maximum absolute atomic E-state index is 10.4. The van der Waals surface area contributed by atoms with E-state index in [9.17, 15) is 4.79 Å². The molecule has 1 rings (SSSR count). The predicted molar refractivity (Wildman–Crippen MR) is 50.8 cm³/mol. The Kier molecular flexibility index (Phi) is 3.29. The maximum atomic E-state index is 10.4. The van der Waals surface area contributed by atoms with E-state index in [2.05, 4.69) is 11.9 Å². The number of hydrogen-bond acceptors (Lipinski definition) is 3. The van der Waals surface area contributed by atoms with Crippen LogP contribution in [0.3, 0.4) is 0 Å². The number of hydrogen-bond donors (Lipinski definition) is 0. The molecule has 0 spiro atoms. The molecule has 0 aromatic carbocycles. The Morgan fingerprint density at radius 1 is 1.67 bits per heavy atom. The van der Waals surface area contributed by atoms with Crippen LogP contribution in [0.4, 0.5) is 0 Å². The molecule has 1 aromatic heterocycles. The third kappa shape index (κ3) is 1.85. The van der Waals surface area contributed by atoms with Crippen molar-refractivity contribution in [1.29, 1.82) is 0 Å². The van der Waals surface area contributed by atoms with Gasteiger partial charge in [0.2, 0.25) is 0 Å². The highest BCUT2D eigenvalue weighted by molar-refractivity contribution is 7.98. The van der Waals surface area contributed by atoms with Gasteiger partial charge in [0.15, 0.2) is 6.29 Å². The smallest absolute Gasteiger partial charge is 0.151 e. The fraction of sp³-hybridized carbons (Fsp3) is 0.333. The van der Waals surface area contributed by atoms with E-state index in [0.29, 0.717) is 5.56 Å². The van der Waals surface area contributed by atoms with E-state index in [4.69, 9.17) is 0 Å². The summed E-state index contributed by atoms with van der Waals surface area (Å²) in [4.78, 5) is 15.7. The van der Waals surface area contributed by atoms with Crippen molar-refractivity contribution >= 4 is 18.0 Å². The standard InChI is InChI=1S/C9H11NOS/c1-3-8-9(12-2)4-7(6-11)5-10-8/h4-6H,3H2,1-2H3. The van der Waals surface area contributed by atoms with Gasteiger partial charge in [-0.15, -0.1) is 11.8 Å². The number of carbonyl (C=O) groups excluding carboxylic acids is 1. The van der Waals surface area contributed by atoms with E-state index in [-0.39, 0.29) is 0 Å². The first kappa shape index (κ1) is 9.26. The van der Waals surface area contributed by atoms with E-state index >= 15 is 0 Å². The summed E-state index contributed by atoms with van der Waals surface area (Å²) in [5.41, 5.74) is 1.71. The first-order valence-electron chi connectivity index (χ1n) is 3.80. The van der Waals surface area contributed by atoms with Crippen molar-refractivity contribution in [2.75, 3.05) is 6.26 Å². The van der Waals surface area contributed by atoms with Crippen LogP contribution in [0.1, 0.15) is 23.0 Å². The third-order valence-electron chi connectivity index (χ3n) is 1.64. The number of thioether (sulfide) groups is 1. The Labute approximate surface area is 76.4 Å². The molecule has 1 heterocycles. The highest BCUT2D eigenvalue weighted by atomic mass is 32.2. The molecule has 0 saturated heterocycles. The van der Waals surface area contributed by atoms with Gasteiger partial charge in [0.05, 0.1) is 5.69 Å². The van der Waals surface area contributed by atoms with Gasteiger partial charge in [-0.3, -0.25) is 9.78 Å². The molecule has 0 fully saturated rings. The number of rotatable bonds is 3. The highest BCUT2D eigenvalue weighted by Gasteiger charge is 2.01. The van der Waals surface area contributed by atoms with Gasteiger partial charge in [-0.2, -0.15) is 0 Å². The molecule has 0 aliphatic carbocycles. The Balaban J connectivity index is 3.10. The first-order chi connectivity index (χ1) is 5.81. The van der Waals surface area contributed by atoms with Crippen molar-refractivity contribution in [1.82, 2.24) is 4.98 Å². The molecule has 0 atom stereocenters. The van der Waals surface area contributed by atoms with Crippen LogP contribution in [0.5, 0.6) is 0 Å². The summed E-state index contributed by atoms with van der Waals surface area (Å²) in [6.07, 6.45) is 5.35. The molecule has 0 aliphatic rings. The molecular formula is C9H11NOS. The maximum Gasteiger partial charge on any atom is 0.151 e. The fourth-order valence-electron chi connectivity index (χ4n) is 0.995. The van der Waals surface area contributed by atoms with Crippen LogP contribution in [0, 0.1) is 0 Å². The molecule has 0 radical (unpaired) electrons. The average molecular weight is 181 g/mol. The second-order valence-electron chi connectivity index (χ2n) is 2.39. The SMILES string of the molecule is CCc1ncc(C=O)cc1SC. The molecule has 0 bridgehead atoms. The summed E-state index contributed by atoms with van der Waals surface area (Å²) >= 11 is 1.63. The third-order valence-corrected chi connectivity index (χ3v) is 2.44. The molecule has 64 valence electrons. The minimum atomic E-state index is 0.650. The van der Waals surface area contributed by atoms with Crippen LogP contribution in [-0.4, -0.2) is 17.5 Å². The molecular weight excluding hydrogens is 170 g/mol. The minimum Gasteiger partial charge on any atom is -0.298 e. The van der Waals surface area contributed by atoms with Gasteiger partial charge in [0.1, 0.15) is 0 Å². The molecule has 0 unspecified atom stereocenters. The van der Waals surface area contributed by atoms with Crippen LogP contribution in [0.2, 0.25) is 0 Å². The van der Waals surface area contributed by atoms with Gasteiger partial charge in [-0.05, 0) is 18.7 Å². The first-order valence-corrected chi connectivity index (χ1v) is 5.02. The Hall–Kier alpha value is -0.830. The molecule has 2 nitrogen and oxygen atoms in total. The Morgan fingerprint density at radius 3 is 2.92 bits per heavy atom. The summed E-state index contributed by atoms with van der Waals surface area (Å²) in [5, 5.41) is 0. The number of pyridine rings is 1. The second-order valence-corrected chi connectivity index (χ2v) is 3.24. The quantitative estimate of drug-likeness (QED) is 0.529. The lowest BCUT2D eigenvalue weighted by Crippen LogP contribution is -1.92. The zero-order valence-electron chi connectivity index (χ0n) is 7.20. The zero-order valence-corrected chi connectivity index (χ0v) is 8.02. The normalized spacial score (nSPS) is 9.83. The van der Waals surface area contributed by atoms with Gasteiger partial charge >= 0.3 is 0 Å². The predicted octanol–water partition coefficient (Wildman–Crippen LogP) is 2.18.